The Balaban J connectivity index is 1.79. The van der Waals surface area contributed by atoms with E-state index in [0.29, 0.717) is 17.5 Å². The van der Waals surface area contributed by atoms with Crippen molar-refractivity contribution in [2.75, 3.05) is 26.7 Å². The molecular formula is C22H25N3O5. The molecule has 2 aromatic rings. The molecule has 4 rings (SSSR count). The molecule has 0 saturated heterocycles. The molecule has 0 fully saturated rings. The van der Waals surface area contributed by atoms with Crippen LogP contribution in [0.5, 0.6) is 11.5 Å². The highest BCUT2D eigenvalue weighted by Gasteiger charge is 2.35. The number of nitrogens with zero attached hydrogens (tertiary/aromatic N) is 2. The van der Waals surface area contributed by atoms with E-state index in [4.69, 9.17) is 10.8 Å². The highest BCUT2D eigenvalue weighted by Crippen LogP contribution is 2.51. The average Bonchev–Trinajstić information content (AvgIpc) is 2.67. The fraction of sp³-hybridized carbons (Fsp3) is 0.364. The Bertz CT molecular complexity index is 1020. The van der Waals surface area contributed by atoms with E-state index in [0.717, 1.165) is 24.1 Å². The Morgan fingerprint density at radius 1 is 1.20 bits per heavy atom. The lowest BCUT2D eigenvalue weighted by Crippen LogP contribution is -2.37. The summed E-state index contributed by atoms with van der Waals surface area (Å²) in [4.78, 5) is 26.1. The topological polar surface area (TPSA) is 127 Å². The number of phenolic OH excluding ortho intramolecular Hbond substituents is 2. The van der Waals surface area contributed by atoms with Gasteiger partial charge < -0.3 is 21.1 Å². The first-order valence-electron chi connectivity index (χ1n) is 9.87. The zero-order valence-corrected chi connectivity index (χ0v) is 16.8. The Kier molecular flexibility index (Phi) is 5.13. The second-order valence-electron chi connectivity index (χ2n) is 8.10. The van der Waals surface area contributed by atoms with Gasteiger partial charge in [-0.25, -0.2) is 0 Å². The van der Waals surface area contributed by atoms with Crippen LogP contribution < -0.4 is 5.73 Å². The fourth-order valence-corrected chi connectivity index (χ4v) is 4.76. The molecule has 158 valence electrons. The number of aliphatic carboxylic acids is 1. The molecule has 2 aliphatic rings. The maximum atomic E-state index is 11.3. The van der Waals surface area contributed by atoms with Crippen molar-refractivity contribution in [1.29, 1.82) is 0 Å². The number of carboxylic acids is 1. The minimum absolute atomic E-state index is 0.0185. The van der Waals surface area contributed by atoms with Gasteiger partial charge in [0.1, 0.15) is 0 Å². The van der Waals surface area contributed by atoms with Crippen molar-refractivity contribution in [3.63, 3.8) is 0 Å². The van der Waals surface area contributed by atoms with Gasteiger partial charge in [-0.15, -0.1) is 0 Å². The van der Waals surface area contributed by atoms with Crippen LogP contribution in [-0.2, 0) is 29.0 Å². The van der Waals surface area contributed by atoms with E-state index in [2.05, 4.69) is 18.0 Å². The Labute approximate surface area is 174 Å². The molecule has 1 heterocycles. The number of phenols is 2. The van der Waals surface area contributed by atoms with Gasteiger partial charge in [0.15, 0.2) is 11.5 Å². The lowest BCUT2D eigenvalue weighted by atomic mass is 9.76. The summed E-state index contributed by atoms with van der Waals surface area (Å²) in [5.41, 5.74) is 10.5. The molecule has 0 radical (unpaired) electrons. The van der Waals surface area contributed by atoms with E-state index in [1.165, 1.54) is 16.0 Å². The Morgan fingerprint density at radius 3 is 2.67 bits per heavy atom. The van der Waals surface area contributed by atoms with Crippen molar-refractivity contribution in [2.45, 2.75) is 25.4 Å². The summed E-state index contributed by atoms with van der Waals surface area (Å²) in [6.07, 6.45) is 1.61. The van der Waals surface area contributed by atoms with Gasteiger partial charge >= 0.3 is 5.97 Å². The van der Waals surface area contributed by atoms with Crippen LogP contribution in [0.15, 0.2) is 24.3 Å². The number of hydrogen-bond acceptors (Lipinski definition) is 6. The van der Waals surface area contributed by atoms with Crippen LogP contribution >= 0.6 is 0 Å². The number of carbonyl (C=O) groups excluding carboxylic acids is 1. The molecule has 8 heteroatoms. The number of carboxylic acid groups (broad SMARTS) is 1. The van der Waals surface area contributed by atoms with E-state index in [1.807, 2.05) is 12.1 Å². The quantitative estimate of drug-likeness (QED) is 0.526. The number of carbonyl (C=O) groups is 2. The molecule has 8 nitrogen and oxygen atoms in total. The summed E-state index contributed by atoms with van der Waals surface area (Å²) in [6, 6.07) is 8.03. The van der Waals surface area contributed by atoms with E-state index >= 15 is 0 Å². The molecule has 0 bridgehead atoms. The summed E-state index contributed by atoms with van der Waals surface area (Å²) in [6.45, 7) is 0.257. The SMILES string of the molecule is CN1CCc2cccc3c2[C@H]1Cc1cc(CN(CC(N)=O)CC(=O)O)c(O)c(O)c1-3. The van der Waals surface area contributed by atoms with Crippen LogP contribution in [0.25, 0.3) is 11.1 Å². The van der Waals surface area contributed by atoms with Gasteiger partial charge in [0.25, 0.3) is 0 Å². The maximum Gasteiger partial charge on any atom is 0.317 e. The van der Waals surface area contributed by atoms with Gasteiger partial charge in [-0.1, -0.05) is 18.2 Å². The van der Waals surface area contributed by atoms with Gasteiger partial charge in [-0.3, -0.25) is 19.4 Å². The van der Waals surface area contributed by atoms with Gasteiger partial charge in [0.05, 0.1) is 13.1 Å². The van der Waals surface area contributed by atoms with Gasteiger partial charge in [-0.2, -0.15) is 0 Å². The molecule has 0 unspecified atom stereocenters. The minimum Gasteiger partial charge on any atom is -0.504 e. The lowest BCUT2D eigenvalue weighted by Gasteiger charge is -2.40. The second kappa shape index (κ2) is 7.62. The third kappa shape index (κ3) is 3.48. The molecule has 0 spiro atoms. The summed E-state index contributed by atoms with van der Waals surface area (Å²) < 4.78 is 0. The number of primary amides is 1. The smallest absolute Gasteiger partial charge is 0.317 e. The highest BCUT2D eigenvalue weighted by atomic mass is 16.4. The number of fused-ring (bicyclic) bond motifs is 2. The maximum absolute atomic E-state index is 11.3. The molecule has 30 heavy (non-hydrogen) atoms. The summed E-state index contributed by atoms with van der Waals surface area (Å²) >= 11 is 0. The molecule has 0 aromatic heterocycles. The fourth-order valence-electron chi connectivity index (χ4n) is 4.76. The number of amides is 1. The van der Waals surface area contributed by atoms with Gasteiger partial charge in [0.2, 0.25) is 5.91 Å². The standard InChI is InChI=1S/C22H25N3O5/c1-24-6-5-12-3-2-4-15-19(12)16(24)8-13-7-14(21(29)22(30)20(13)15)9-25(10-17(23)26)11-18(27)28/h2-4,7,16,29-30H,5-6,8-11H2,1H3,(H2,23,26)(H,27,28)/t16-/m1/s1. The monoisotopic (exact) mass is 411 g/mol. The minimum atomic E-state index is -1.11. The number of nitrogens with two attached hydrogens (primary N) is 1. The van der Waals surface area contributed by atoms with Crippen molar-refractivity contribution in [2.24, 2.45) is 5.73 Å². The zero-order chi connectivity index (χ0) is 21.6. The molecule has 2 aromatic carbocycles. The first-order valence-corrected chi connectivity index (χ1v) is 9.87. The first kappa shape index (κ1) is 20.2. The van der Waals surface area contributed by atoms with Crippen LogP contribution in [0.4, 0.5) is 0 Å². The van der Waals surface area contributed by atoms with Crippen LogP contribution in [-0.4, -0.2) is 63.7 Å². The molecule has 1 atom stereocenters. The van der Waals surface area contributed by atoms with Crippen molar-refractivity contribution in [3.8, 4) is 22.6 Å². The van der Waals surface area contributed by atoms with Gasteiger partial charge in [0, 0.05) is 30.3 Å². The molecular weight excluding hydrogens is 386 g/mol. The molecule has 1 aliphatic heterocycles. The van der Waals surface area contributed by atoms with E-state index in [-0.39, 0.29) is 30.6 Å². The largest absolute Gasteiger partial charge is 0.504 e. The van der Waals surface area contributed by atoms with Crippen LogP contribution in [0.1, 0.15) is 28.3 Å². The third-order valence-electron chi connectivity index (χ3n) is 6.05. The van der Waals surface area contributed by atoms with Crippen molar-refractivity contribution in [1.82, 2.24) is 9.80 Å². The van der Waals surface area contributed by atoms with Crippen LogP contribution in [0, 0.1) is 0 Å². The zero-order valence-electron chi connectivity index (χ0n) is 16.8. The molecule has 1 amide bonds. The molecule has 0 saturated carbocycles. The van der Waals surface area contributed by atoms with Crippen LogP contribution in [0.3, 0.4) is 0 Å². The average molecular weight is 411 g/mol. The first-order chi connectivity index (χ1) is 14.3. The van der Waals surface area contributed by atoms with Crippen molar-refractivity contribution >= 4 is 11.9 Å². The van der Waals surface area contributed by atoms with E-state index < -0.39 is 18.4 Å². The Morgan fingerprint density at radius 2 is 1.97 bits per heavy atom. The summed E-state index contributed by atoms with van der Waals surface area (Å²) in [5.74, 6) is -2.28. The van der Waals surface area contributed by atoms with Crippen molar-refractivity contribution < 1.29 is 24.9 Å². The lowest BCUT2D eigenvalue weighted by molar-refractivity contribution is -0.138. The number of rotatable bonds is 6. The normalized spacial score (nSPS) is 17.5. The number of benzene rings is 2. The molecule has 5 N–H and O–H groups in total. The second-order valence-corrected chi connectivity index (χ2v) is 8.10. The van der Waals surface area contributed by atoms with Crippen molar-refractivity contribution in [3.05, 3.63) is 46.5 Å². The van der Waals surface area contributed by atoms with E-state index in [1.54, 1.807) is 6.07 Å². The number of aromatic hydroxyl groups is 2. The van der Waals surface area contributed by atoms with E-state index in [9.17, 15) is 19.8 Å². The number of hydrogen-bond donors (Lipinski definition) is 4. The highest BCUT2D eigenvalue weighted by molar-refractivity contribution is 5.83. The predicted octanol–water partition coefficient (Wildman–Crippen LogP) is 1.22. The third-order valence-corrected chi connectivity index (χ3v) is 6.05. The van der Waals surface area contributed by atoms with Gasteiger partial charge in [-0.05, 0) is 48.2 Å². The molecule has 1 aliphatic carbocycles. The summed E-state index contributed by atoms with van der Waals surface area (Å²) in [5, 5.41) is 30.7. The summed E-state index contributed by atoms with van der Waals surface area (Å²) in [7, 11) is 2.08. The predicted molar refractivity (Wildman–Crippen MR) is 110 cm³/mol. The Hall–Kier alpha value is -3.10. The number of likely N-dealkylation sites (N-methyl/N-ethyl adjacent to an activating group) is 1. The van der Waals surface area contributed by atoms with Crippen LogP contribution in [0.2, 0.25) is 0 Å².